The molecule has 0 saturated carbocycles. The Morgan fingerprint density at radius 3 is 1.66 bits per heavy atom. The summed E-state index contributed by atoms with van der Waals surface area (Å²) in [6.07, 6.45) is 4.92. The molecule has 2 aliphatic rings. The van der Waals surface area contributed by atoms with E-state index in [1.807, 2.05) is 45.9 Å². The van der Waals surface area contributed by atoms with Crippen molar-refractivity contribution in [3.8, 4) is 11.1 Å². The van der Waals surface area contributed by atoms with Gasteiger partial charge in [0.05, 0.1) is 48.4 Å². The van der Waals surface area contributed by atoms with Gasteiger partial charge in [-0.1, -0.05) is 33.8 Å². The van der Waals surface area contributed by atoms with Gasteiger partial charge in [0.25, 0.3) is 0 Å². The molecule has 4 atom stereocenters. The Hall–Kier alpha value is -6.39. The topological polar surface area (TPSA) is 217 Å². The maximum atomic E-state index is 13.6. The molecule has 17 heteroatoms. The van der Waals surface area contributed by atoms with Crippen LogP contribution in [0.15, 0.2) is 48.8 Å². The van der Waals surface area contributed by atoms with Crippen molar-refractivity contribution in [3.05, 3.63) is 71.8 Å². The second-order valence-corrected chi connectivity index (χ2v) is 15.4. The van der Waals surface area contributed by atoms with Crippen molar-refractivity contribution in [2.75, 3.05) is 27.3 Å². The summed E-state index contributed by atoms with van der Waals surface area (Å²) in [5.41, 5.74) is 4.69. The molecule has 7 rings (SSSR count). The fourth-order valence-corrected chi connectivity index (χ4v) is 7.80. The molecular formula is C41H48N10O7. The third-order valence-electron chi connectivity index (χ3n) is 10.9. The van der Waals surface area contributed by atoms with Gasteiger partial charge in [-0.05, 0) is 73.4 Å². The molecule has 2 saturated heterocycles. The summed E-state index contributed by atoms with van der Waals surface area (Å²) < 4.78 is 9.49. The number of alkyl carbamates (subject to hydrolysis) is 2. The standard InChI is InChI=1S/C41H48N10O7/c1-21(2)32(48-40(55)57-5)38(53)50-15-7-9-30(50)35-44-26-13-11-23(17-28(26)46-35)25-19-42-37(43-20-25)34(52)24-12-14-27-29(18-24)47-36(45-27)31-10-8-16-51(31)39(54)33(22(3)4)49-41(56)58-6/h11-14,17-22,30-33H,7-10,15-16H2,1-6H3,(H,44,46)(H,45,47)(H,48,55)(H,49,56). The quantitative estimate of drug-likeness (QED) is 0.127. The Bertz CT molecular complexity index is 2350. The Labute approximate surface area is 334 Å². The number of nitrogens with zero attached hydrogens (tertiary/aromatic N) is 6. The lowest BCUT2D eigenvalue weighted by atomic mass is 10.0. The number of hydrogen-bond acceptors (Lipinski definition) is 11. The number of imidazole rings is 2. The summed E-state index contributed by atoms with van der Waals surface area (Å²) in [5, 5.41) is 5.34. The molecule has 17 nitrogen and oxygen atoms in total. The first-order chi connectivity index (χ1) is 27.9. The van der Waals surface area contributed by atoms with Crippen LogP contribution >= 0.6 is 0 Å². The number of H-pyrrole nitrogens is 2. The number of benzene rings is 2. The van der Waals surface area contributed by atoms with Crippen LogP contribution in [0.5, 0.6) is 0 Å². The van der Waals surface area contributed by atoms with Gasteiger partial charge in [0.15, 0.2) is 0 Å². The van der Waals surface area contributed by atoms with Crippen LogP contribution in [0.4, 0.5) is 9.59 Å². The molecule has 4 amide bonds. The first-order valence-corrected chi connectivity index (χ1v) is 19.5. The van der Waals surface area contributed by atoms with E-state index in [9.17, 15) is 24.0 Å². The van der Waals surface area contributed by atoms with Gasteiger partial charge in [-0.25, -0.2) is 29.5 Å². The van der Waals surface area contributed by atoms with Crippen LogP contribution in [0.2, 0.25) is 0 Å². The summed E-state index contributed by atoms with van der Waals surface area (Å²) >= 11 is 0. The van der Waals surface area contributed by atoms with Crippen molar-refractivity contribution < 1.29 is 33.4 Å². The fourth-order valence-electron chi connectivity index (χ4n) is 7.80. The molecule has 2 aliphatic heterocycles. The predicted octanol–water partition coefficient (Wildman–Crippen LogP) is 5.22. The van der Waals surface area contributed by atoms with Crippen LogP contribution in [-0.4, -0.2) is 109 Å². The van der Waals surface area contributed by atoms with Crippen LogP contribution < -0.4 is 10.6 Å². The molecule has 4 unspecified atom stereocenters. The molecule has 5 heterocycles. The number of amides is 4. The van der Waals surface area contributed by atoms with Gasteiger partial charge >= 0.3 is 12.2 Å². The van der Waals surface area contributed by atoms with Gasteiger partial charge in [0, 0.05) is 36.6 Å². The number of methoxy groups -OCH3 is 2. The lowest BCUT2D eigenvalue weighted by Crippen LogP contribution is -2.51. The number of hydrogen-bond donors (Lipinski definition) is 4. The monoisotopic (exact) mass is 792 g/mol. The largest absolute Gasteiger partial charge is 0.453 e. The number of fused-ring (bicyclic) bond motifs is 2. The Morgan fingerprint density at radius 2 is 1.17 bits per heavy atom. The molecule has 304 valence electrons. The summed E-state index contributed by atoms with van der Waals surface area (Å²) in [6, 6.07) is 8.81. The highest BCUT2D eigenvalue weighted by Crippen LogP contribution is 2.35. The molecule has 0 bridgehead atoms. The van der Waals surface area contributed by atoms with Crippen LogP contribution in [0.3, 0.4) is 0 Å². The number of ketones is 1. The second-order valence-electron chi connectivity index (χ2n) is 15.4. The highest BCUT2D eigenvalue weighted by atomic mass is 16.5. The van der Waals surface area contributed by atoms with Gasteiger partial charge in [0.2, 0.25) is 23.4 Å². The van der Waals surface area contributed by atoms with E-state index in [2.05, 4.69) is 30.6 Å². The Morgan fingerprint density at radius 1 is 0.690 bits per heavy atom. The number of carbonyl (C=O) groups is 5. The van der Waals surface area contributed by atoms with Crippen molar-refractivity contribution in [1.29, 1.82) is 0 Å². The van der Waals surface area contributed by atoms with Crippen molar-refractivity contribution in [2.45, 2.75) is 77.5 Å². The van der Waals surface area contributed by atoms with Crippen molar-refractivity contribution >= 4 is 51.9 Å². The Kier molecular flexibility index (Phi) is 11.4. The van der Waals surface area contributed by atoms with E-state index >= 15 is 0 Å². The van der Waals surface area contributed by atoms with E-state index in [0.29, 0.717) is 53.3 Å². The molecule has 58 heavy (non-hydrogen) atoms. The average Bonchev–Trinajstić information content (AvgIpc) is 4.06. The number of nitrogens with one attached hydrogen (secondary N) is 4. The number of aromatic amines is 2. The molecule has 2 aromatic carbocycles. The number of rotatable bonds is 11. The zero-order valence-electron chi connectivity index (χ0n) is 33.4. The van der Waals surface area contributed by atoms with Crippen LogP contribution in [-0.2, 0) is 19.1 Å². The van der Waals surface area contributed by atoms with Gasteiger partial charge in [-0.2, -0.15) is 0 Å². The van der Waals surface area contributed by atoms with Crippen molar-refractivity contribution in [1.82, 2.24) is 50.3 Å². The smallest absolute Gasteiger partial charge is 0.407 e. The van der Waals surface area contributed by atoms with E-state index in [0.717, 1.165) is 35.9 Å². The lowest BCUT2D eigenvalue weighted by molar-refractivity contribution is -0.136. The summed E-state index contributed by atoms with van der Waals surface area (Å²) in [5.74, 6) is 0.269. The van der Waals surface area contributed by atoms with E-state index in [1.54, 1.807) is 40.4 Å². The number of carbonyl (C=O) groups excluding carboxylic acids is 5. The molecule has 3 aromatic heterocycles. The van der Waals surface area contributed by atoms with Crippen LogP contribution in [0.1, 0.15) is 93.3 Å². The first-order valence-electron chi connectivity index (χ1n) is 19.5. The maximum Gasteiger partial charge on any atom is 0.407 e. The Balaban J connectivity index is 1.05. The van der Waals surface area contributed by atoms with Gasteiger partial charge in [-0.3, -0.25) is 14.4 Å². The molecule has 0 radical (unpaired) electrons. The predicted molar refractivity (Wildman–Crippen MR) is 212 cm³/mol. The zero-order valence-corrected chi connectivity index (χ0v) is 33.4. The number of ether oxygens (including phenoxy) is 2. The van der Waals surface area contributed by atoms with Crippen molar-refractivity contribution in [3.63, 3.8) is 0 Å². The lowest BCUT2D eigenvalue weighted by Gasteiger charge is -2.29. The van der Waals surface area contributed by atoms with Crippen LogP contribution in [0.25, 0.3) is 33.2 Å². The SMILES string of the molecule is COC(=O)NC(C(=O)N1CCCC1c1nc2ccc(C(=O)c3ncc(-c4ccc5nc(C6CCCN6C(=O)C(NC(=O)OC)C(C)C)[nH]c5c4)cn3)cc2[nH]1)C(C)C. The normalized spacial score (nSPS) is 17.9. The third-order valence-corrected chi connectivity index (χ3v) is 10.9. The third kappa shape index (κ3) is 7.93. The van der Waals surface area contributed by atoms with E-state index in [1.165, 1.54) is 14.2 Å². The minimum absolute atomic E-state index is 0.0329. The maximum absolute atomic E-state index is 13.6. The molecule has 4 N–H and O–H groups in total. The van der Waals surface area contributed by atoms with Gasteiger partial charge < -0.3 is 39.9 Å². The zero-order chi connectivity index (χ0) is 41.2. The fraction of sp³-hybridized carbons (Fsp3) is 0.439. The van der Waals surface area contributed by atoms with Crippen LogP contribution in [0, 0.1) is 11.8 Å². The molecular weight excluding hydrogens is 745 g/mol. The molecule has 2 fully saturated rings. The van der Waals surface area contributed by atoms with Gasteiger partial charge in [0.1, 0.15) is 23.7 Å². The minimum atomic E-state index is -0.747. The van der Waals surface area contributed by atoms with E-state index < -0.39 is 24.3 Å². The molecule has 5 aromatic rings. The summed E-state index contributed by atoms with van der Waals surface area (Å²) in [6.45, 7) is 8.57. The van der Waals surface area contributed by atoms with E-state index in [-0.39, 0.29) is 47.3 Å². The second kappa shape index (κ2) is 16.6. The number of aromatic nitrogens is 6. The summed E-state index contributed by atoms with van der Waals surface area (Å²) in [7, 11) is 2.54. The van der Waals surface area contributed by atoms with E-state index in [4.69, 9.17) is 19.4 Å². The highest BCUT2D eigenvalue weighted by Gasteiger charge is 2.39. The van der Waals surface area contributed by atoms with Crippen molar-refractivity contribution in [2.24, 2.45) is 11.8 Å². The number of likely N-dealkylation sites (tertiary alicyclic amines) is 2. The molecule has 0 spiro atoms. The average molecular weight is 793 g/mol. The minimum Gasteiger partial charge on any atom is -0.453 e. The van der Waals surface area contributed by atoms with Gasteiger partial charge in [-0.15, -0.1) is 0 Å². The molecule has 0 aliphatic carbocycles. The highest BCUT2D eigenvalue weighted by molar-refractivity contribution is 6.08. The summed E-state index contributed by atoms with van der Waals surface area (Å²) in [4.78, 5) is 93.4. The first kappa shape index (κ1) is 39.8.